The van der Waals surface area contributed by atoms with E-state index in [1.165, 1.54) is 4.88 Å². The zero-order chi connectivity index (χ0) is 17.8. The summed E-state index contributed by atoms with van der Waals surface area (Å²) in [4.78, 5) is 15.7. The van der Waals surface area contributed by atoms with Crippen molar-refractivity contribution >= 4 is 28.8 Å². The Kier molecular flexibility index (Phi) is 5.58. The van der Waals surface area contributed by atoms with Gasteiger partial charge in [-0.1, -0.05) is 17.7 Å². The molecule has 0 aliphatic carbocycles. The predicted molar refractivity (Wildman–Crippen MR) is 102 cm³/mol. The van der Waals surface area contributed by atoms with Gasteiger partial charge in [-0.05, 0) is 61.9 Å². The summed E-state index contributed by atoms with van der Waals surface area (Å²) in [5, 5.41) is 5.66. The SMILES string of the molecule is CN(C)C(CNC(=O)c1ccc(-c2ccc(Cl)cc2)o1)c1cccs1. The highest BCUT2D eigenvalue weighted by Crippen LogP contribution is 2.25. The van der Waals surface area contributed by atoms with E-state index in [1.54, 1.807) is 35.6 Å². The average molecular weight is 375 g/mol. The highest BCUT2D eigenvalue weighted by atomic mass is 35.5. The summed E-state index contributed by atoms with van der Waals surface area (Å²) in [6.45, 7) is 0.517. The summed E-state index contributed by atoms with van der Waals surface area (Å²) in [5.74, 6) is 0.724. The standard InChI is InChI=1S/C19H19ClN2O2S/c1-22(2)15(18-4-3-11-25-18)12-21-19(23)17-10-9-16(24-17)13-5-7-14(20)8-6-13/h3-11,15H,12H2,1-2H3,(H,21,23). The maximum Gasteiger partial charge on any atom is 0.287 e. The molecule has 0 aliphatic rings. The van der Waals surface area contributed by atoms with Crippen molar-refractivity contribution in [2.45, 2.75) is 6.04 Å². The summed E-state index contributed by atoms with van der Waals surface area (Å²) in [5.41, 5.74) is 0.883. The van der Waals surface area contributed by atoms with Crippen LogP contribution in [0.15, 0.2) is 58.3 Å². The Bertz CT molecular complexity index is 825. The van der Waals surface area contributed by atoms with Gasteiger partial charge in [-0.2, -0.15) is 0 Å². The molecule has 3 rings (SSSR count). The predicted octanol–water partition coefficient (Wildman–Crippen LogP) is 4.69. The van der Waals surface area contributed by atoms with Gasteiger partial charge in [0.15, 0.2) is 5.76 Å². The number of rotatable bonds is 6. The Labute approximate surface area is 156 Å². The lowest BCUT2D eigenvalue weighted by Crippen LogP contribution is -2.34. The molecule has 3 aromatic rings. The molecule has 4 nitrogen and oxygen atoms in total. The number of furan rings is 1. The van der Waals surface area contributed by atoms with E-state index in [4.69, 9.17) is 16.0 Å². The number of benzene rings is 1. The second-order valence-electron chi connectivity index (χ2n) is 5.88. The average Bonchev–Trinajstić information content (AvgIpc) is 3.27. The van der Waals surface area contributed by atoms with Crippen molar-refractivity contribution in [2.75, 3.05) is 20.6 Å². The maximum atomic E-state index is 12.4. The first kappa shape index (κ1) is 17.7. The van der Waals surface area contributed by atoms with Crippen LogP contribution in [0.4, 0.5) is 0 Å². The van der Waals surface area contributed by atoms with Crippen molar-refractivity contribution in [1.82, 2.24) is 10.2 Å². The third-order valence-electron chi connectivity index (χ3n) is 3.91. The van der Waals surface area contributed by atoms with Crippen LogP contribution in [-0.4, -0.2) is 31.4 Å². The summed E-state index contributed by atoms with van der Waals surface area (Å²) in [7, 11) is 4.00. The number of hydrogen-bond donors (Lipinski definition) is 1. The first-order valence-corrected chi connectivity index (χ1v) is 9.14. The molecule has 0 bridgehead atoms. The third kappa shape index (κ3) is 4.31. The molecule has 0 spiro atoms. The van der Waals surface area contributed by atoms with Crippen LogP contribution in [0.25, 0.3) is 11.3 Å². The lowest BCUT2D eigenvalue weighted by Gasteiger charge is -2.23. The zero-order valence-corrected chi connectivity index (χ0v) is 15.6. The molecule has 130 valence electrons. The topological polar surface area (TPSA) is 45.5 Å². The Morgan fingerprint density at radius 1 is 1.20 bits per heavy atom. The summed E-state index contributed by atoms with van der Waals surface area (Å²) in [6, 6.07) is 15.0. The van der Waals surface area contributed by atoms with Crippen molar-refractivity contribution in [3.8, 4) is 11.3 Å². The Morgan fingerprint density at radius 2 is 1.96 bits per heavy atom. The largest absolute Gasteiger partial charge is 0.451 e. The monoisotopic (exact) mass is 374 g/mol. The molecule has 0 saturated heterocycles. The Balaban J connectivity index is 1.66. The quantitative estimate of drug-likeness (QED) is 0.680. The van der Waals surface area contributed by atoms with Gasteiger partial charge in [-0.25, -0.2) is 0 Å². The second-order valence-corrected chi connectivity index (χ2v) is 7.29. The van der Waals surface area contributed by atoms with Crippen LogP contribution >= 0.6 is 22.9 Å². The zero-order valence-electron chi connectivity index (χ0n) is 14.0. The number of nitrogens with zero attached hydrogens (tertiary/aromatic N) is 1. The highest BCUT2D eigenvalue weighted by Gasteiger charge is 2.18. The van der Waals surface area contributed by atoms with Crippen LogP contribution < -0.4 is 5.32 Å². The van der Waals surface area contributed by atoms with E-state index in [-0.39, 0.29) is 11.9 Å². The molecule has 1 unspecified atom stereocenters. The summed E-state index contributed by atoms with van der Waals surface area (Å²) in [6.07, 6.45) is 0. The molecule has 2 heterocycles. The van der Waals surface area contributed by atoms with E-state index < -0.39 is 0 Å². The van der Waals surface area contributed by atoms with Gasteiger partial charge >= 0.3 is 0 Å². The van der Waals surface area contributed by atoms with Crippen molar-refractivity contribution in [3.05, 3.63) is 69.6 Å². The number of carbonyl (C=O) groups is 1. The second kappa shape index (κ2) is 7.87. The number of hydrogen-bond acceptors (Lipinski definition) is 4. The van der Waals surface area contributed by atoms with Gasteiger partial charge in [0, 0.05) is 22.0 Å². The van der Waals surface area contributed by atoms with Crippen molar-refractivity contribution in [2.24, 2.45) is 0 Å². The molecule has 25 heavy (non-hydrogen) atoms. The molecular weight excluding hydrogens is 356 g/mol. The maximum absolute atomic E-state index is 12.4. The summed E-state index contributed by atoms with van der Waals surface area (Å²) >= 11 is 7.58. The van der Waals surface area contributed by atoms with Gasteiger partial charge in [0.05, 0.1) is 6.04 Å². The first-order valence-electron chi connectivity index (χ1n) is 7.88. The van der Waals surface area contributed by atoms with E-state index in [0.29, 0.717) is 23.1 Å². The lowest BCUT2D eigenvalue weighted by molar-refractivity contribution is 0.0915. The number of thiophene rings is 1. The fourth-order valence-electron chi connectivity index (χ4n) is 2.52. The highest BCUT2D eigenvalue weighted by molar-refractivity contribution is 7.10. The number of carbonyl (C=O) groups excluding carboxylic acids is 1. The molecule has 0 aliphatic heterocycles. The van der Waals surface area contributed by atoms with E-state index in [1.807, 2.05) is 37.7 Å². The molecule has 2 aromatic heterocycles. The van der Waals surface area contributed by atoms with E-state index in [2.05, 4.69) is 16.3 Å². The number of amides is 1. The van der Waals surface area contributed by atoms with Crippen LogP contribution in [0.5, 0.6) is 0 Å². The van der Waals surface area contributed by atoms with Gasteiger partial charge in [0.2, 0.25) is 0 Å². The van der Waals surface area contributed by atoms with Gasteiger partial charge in [0.1, 0.15) is 5.76 Å². The van der Waals surface area contributed by atoms with Crippen molar-refractivity contribution in [1.29, 1.82) is 0 Å². The van der Waals surface area contributed by atoms with Gasteiger partial charge in [-0.15, -0.1) is 11.3 Å². The normalized spacial score (nSPS) is 12.3. The number of halogens is 1. The van der Waals surface area contributed by atoms with Crippen LogP contribution in [0, 0.1) is 0 Å². The fraction of sp³-hybridized carbons (Fsp3) is 0.211. The Hall–Kier alpha value is -2.08. The van der Waals surface area contributed by atoms with E-state index in [9.17, 15) is 4.79 Å². The molecule has 1 amide bonds. The van der Waals surface area contributed by atoms with E-state index >= 15 is 0 Å². The van der Waals surface area contributed by atoms with Gasteiger partial charge < -0.3 is 14.6 Å². The molecule has 1 aromatic carbocycles. The molecular formula is C19H19ClN2O2S. The van der Waals surface area contributed by atoms with Gasteiger partial charge in [-0.3, -0.25) is 4.79 Å². The lowest BCUT2D eigenvalue weighted by atomic mass is 10.2. The molecule has 1 N–H and O–H groups in total. The molecule has 0 saturated carbocycles. The van der Waals surface area contributed by atoms with Crippen LogP contribution in [-0.2, 0) is 0 Å². The number of likely N-dealkylation sites (N-methyl/N-ethyl adjacent to an activating group) is 1. The molecule has 1 atom stereocenters. The first-order chi connectivity index (χ1) is 12.0. The smallest absolute Gasteiger partial charge is 0.287 e. The van der Waals surface area contributed by atoms with Crippen LogP contribution in [0.2, 0.25) is 5.02 Å². The minimum atomic E-state index is -0.219. The number of nitrogens with one attached hydrogen (secondary N) is 1. The van der Waals surface area contributed by atoms with E-state index in [0.717, 1.165) is 5.56 Å². The van der Waals surface area contributed by atoms with Crippen LogP contribution in [0.3, 0.4) is 0 Å². The van der Waals surface area contributed by atoms with Crippen molar-refractivity contribution < 1.29 is 9.21 Å². The van der Waals surface area contributed by atoms with Crippen molar-refractivity contribution in [3.63, 3.8) is 0 Å². The third-order valence-corrected chi connectivity index (χ3v) is 5.13. The Morgan fingerprint density at radius 3 is 2.60 bits per heavy atom. The summed E-state index contributed by atoms with van der Waals surface area (Å²) < 4.78 is 5.69. The van der Waals surface area contributed by atoms with Gasteiger partial charge in [0.25, 0.3) is 5.91 Å². The molecule has 0 radical (unpaired) electrons. The minimum Gasteiger partial charge on any atom is -0.451 e. The molecule has 6 heteroatoms. The fourth-order valence-corrected chi connectivity index (χ4v) is 3.57. The molecule has 0 fully saturated rings. The van der Waals surface area contributed by atoms with Crippen LogP contribution in [0.1, 0.15) is 21.5 Å². The minimum absolute atomic E-state index is 0.134.